The summed E-state index contributed by atoms with van der Waals surface area (Å²) in [4.78, 5) is 30.7. The number of carbonyl (C=O) groups is 2. The number of methoxy groups -OCH3 is 2. The Kier molecular flexibility index (Phi) is 11.8. The van der Waals surface area contributed by atoms with Gasteiger partial charge in [-0.3, -0.25) is 4.79 Å². The lowest BCUT2D eigenvalue weighted by Crippen LogP contribution is -2.54. The minimum absolute atomic E-state index is 0.0833. The highest BCUT2D eigenvalue weighted by Crippen LogP contribution is 2.59. The Balaban J connectivity index is 1.30. The molecule has 0 saturated heterocycles. The smallest absolute Gasteiger partial charge is 0.322 e. The standard InChI is InChI=1S/C49H54N2O6/c1-33-9-8-27-48(2)45(43-25-15-34(29-39(52)20-14-33)30-44(43)46(53)36-16-21-40(56-3)22-17-36)26-28-49(48,55)32-51(47(54)50-38-18-23-41(57-4)24-19-38)31-37-12-7-11-35-10-5-6-13-42(35)37/h5-7,9-13,15-19,21-25,30,39,45,52,55H,8,14,20,26-29,31-32H2,1-4H3,(H,50,54). The van der Waals surface area contributed by atoms with Crippen molar-refractivity contribution in [2.75, 3.05) is 26.1 Å². The molecule has 4 atom stereocenters. The zero-order chi connectivity index (χ0) is 40.2. The number of rotatable bonds is 9. The summed E-state index contributed by atoms with van der Waals surface area (Å²) in [5, 5.41) is 29.5. The molecular formula is C49H54N2O6. The highest BCUT2D eigenvalue weighted by Gasteiger charge is 2.57. The van der Waals surface area contributed by atoms with Crippen LogP contribution in [0.5, 0.6) is 11.5 Å². The third kappa shape index (κ3) is 8.48. The number of ether oxygens (including phenoxy) is 2. The molecule has 0 heterocycles. The van der Waals surface area contributed by atoms with Gasteiger partial charge in [0.2, 0.25) is 0 Å². The van der Waals surface area contributed by atoms with Gasteiger partial charge in [-0.1, -0.05) is 73.2 Å². The van der Waals surface area contributed by atoms with Gasteiger partial charge in [0, 0.05) is 28.8 Å². The van der Waals surface area contributed by atoms with Crippen LogP contribution in [0.1, 0.15) is 90.9 Å². The summed E-state index contributed by atoms with van der Waals surface area (Å²) in [5.41, 5.74) is 3.66. The first kappa shape index (κ1) is 39.8. The number of aliphatic hydroxyl groups excluding tert-OH is 1. The van der Waals surface area contributed by atoms with Crippen LogP contribution in [0.15, 0.2) is 121 Å². The number of amides is 2. The first-order chi connectivity index (χ1) is 27.5. The van der Waals surface area contributed by atoms with E-state index < -0.39 is 17.1 Å². The molecule has 5 aromatic rings. The predicted octanol–water partition coefficient (Wildman–Crippen LogP) is 9.86. The number of nitrogens with one attached hydrogen (secondary N) is 1. The molecule has 0 aromatic heterocycles. The number of nitrogens with zero attached hydrogens (tertiary/aromatic N) is 1. The third-order valence-corrected chi connectivity index (χ3v) is 12.6. The van der Waals surface area contributed by atoms with E-state index in [1.165, 1.54) is 5.57 Å². The zero-order valence-corrected chi connectivity index (χ0v) is 33.5. The Morgan fingerprint density at radius 3 is 2.30 bits per heavy atom. The maximum absolute atomic E-state index is 14.5. The molecule has 3 N–H and O–H groups in total. The fraction of sp³-hybridized carbons (Fsp3) is 0.347. The Bertz CT molecular complexity index is 2240. The van der Waals surface area contributed by atoms with Crippen LogP contribution in [0, 0.1) is 5.41 Å². The molecule has 296 valence electrons. The van der Waals surface area contributed by atoms with E-state index in [1.54, 1.807) is 43.4 Å². The molecule has 8 heteroatoms. The summed E-state index contributed by atoms with van der Waals surface area (Å²) < 4.78 is 10.7. The van der Waals surface area contributed by atoms with Gasteiger partial charge in [0.1, 0.15) is 11.5 Å². The molecule has 1 fully saturated rings. The van der Waals surface area contributed by atoms with Crippen molar-refractivity contribution < 1.29 is 29.3 Å². The lowest BCUT2D eigenvalue weighted by atomic mass is 9.64. The molecule has 57 heavy (non-hydrogen) atoms. The van der Waals surface area contributed by atoms with E-state index in [1.807, 2.05) is 66.7 Å². The summed E-state index contributed by atoms with van der Waals surface area (Å²) in [6, 6.07) is 34.4. The van der Waals surface area contributed by atoms with E-state index in [0.717, 1.165) is 33.9 Å². The predicted molar refractivity (Wildman–Crippen MR) is 226 cm³/mol. The van der Waals surface area contributed by atoms with Gasteiger partial charge < -0.3 is 29.9 Å². The van der Waals surface area contributed by atoms with E-state index in [9.17, 15) is 19.8 Å². The first-order valence-electron chi connectivity index (χ1n) is 20.0. The van der Waals surface area contributed by atoms with Crippen LogP contribution in [0.2, 0.25) is 0 Å². The van der Waals surface area contributed by atoms with Crippen molar-refractivity contribution in [2.24, 2.45) is 5.41 Å². The quantitative estimate of drug-likeness (QED) is 0.102. The second-order valence-electron chi connectivity index (χ2n) is 16.2. The average Bonchev–Trinajstić information content (AvgIpc) is 3.48. The van der Waals surface area contributed by atoms with E-state index in [4.69, 9.17) is 9.47 Å². The van der Waals surface area contributed by atoms with Crippen molar-refractivity contribution in [3.8, 4) is 11.5 Å². The van der Waals surface area contributed by atoms with E-state index >= 15 is 0 Å². The number of aliphatic hydroxyl groups is 2. The highest BCUT2D eigenvalue weighted by atomic mass is 16.5. The van der Waals surface area contributed by atoms with Crippen LogP contribution >= 0.6 is 0 Å². The summed E-state index contributed by atoms with van der Waals surface area (Å²) in [6.07, 6.45) is 5.91. The summed E-state index contributed by atoms with van der Waals surface area (Å²) in [5.74, 6) is 1.05. The molecule has 2 amide bonds. The zero-order valence-electron chi connectivity index (χ0n) is 33.5. The van der Waals surface area contributed by atoms with Crippen molar-refractivity contribution in [1.29, 1.82) is 0 Å². The van der Waals surface area contributed by atoms with E-state index in [0.29, 0.717) is 66.8 Å². The van der Waals surface area contributed by atoms with Crippen molar-refractivity contribution in [3.63, 3.8) is 0 Å². The summed E-state index contributed by atoms with van der Waals surface area (Å²) in [6.45, 7) is 4.62. The number of carbonyl (C=O) groups excluding carboxylic acids is 2. The van der Waals surface area contributed by atoms with Crippen LogP contribution in [-0.4, -0.2) is 59.4 Å². The minimum Gasteiger partial charge on any atom is -0.497 e. The normalized spacial score (nSPS) is 22.2. The number of hydrogen-bond acceptors (Lipinski definition) is 6. The molecular weight excluding hydrogens is 713 g/mol. The van der Waals surface area contributed by atoms with Crippen molar-refractivity contribution >= 4 is 28.3 Å². The van der Waals surface area contributed by atoms with Gasteiger partial charge in [0.25, 0.3) is 0 Å². The lowest BCUT2D eigenvalue weighted by Gasteiger charge is -2.46. The Hall–Kier alpha value is -5.44. The molecule has 8 rings (SSSR count). The summed E-state index contributed by atoms with van der Waals surface area (Å²) in [7, 11) is 3.21. The van der Waals surface area contributed by atoms with Crippen LogP contribution < -0.4 is 14.8 Å². The van der Waals surface area contributed by atoms with Gasteiger partial charge in [0.15, 0.2) is 5.78 Å². The fourth-order valence-corrected chi connectivity index (χ4v) is 9.12. The number of allylic oxidation sites excluding steroid dienone is 2. The van der Waals surface area contributed by atoms with Gasteiger partial charge in [-0.15, -0.1) is 0 Å². The second kappa shape index (κ2) is 17.0. The van der Waals surface area contributed by atoms with Crippen molar-refractivity contribution in [1.82, 2.24) is 4.90 Å². The number of benzene rings is 5. The molecule has 1 saturated carbocycles. The number of anilines is 1. The first-order valence-corrected chi connectivity index (χ1v) is 20.0. The molecule has 0 aliphatic heterocycles. The highest BCUT2D eigenvalue weighted by molar-refractivity contribution is 6.10. The van der Waals surface area contributed by atoms with Crippen LogP contribution in [0.25, 0.3) is 10.8 Å². The van der Waals surface area contributed by atoms with Gasteiger partial charge in [-0.05, 0) is 140 Å². The molecule has 0 spiro atoms. The molecule has 8 nitrogen and oxygen atoms in total. The van der Waals surface area contributed by atoms with E-state index in [-0.39, 0.29) is 30.8 Å². The number of ketones is 1. The van der Waals surface area contributed by atoms with Gasteiger partial charge >= 0.3 is 6.03 Å². The Morgan fingerprint density at radius 2 is 1.56 bits per heavy atom. The molecule has 4 unspecified atom stereocenters. The van der Waals surface area contributed by atoms with Crippen LogP contribution in [0.4, 0.5) is 10.5 Å². The van der Waals surface area contributed by atoms with Gasteiger partial charge in [-0.2, -0.15) is 0 Å². The SMILES string of the molecule is COc1ccc(NC(=O)N(Cc2cccc3ccccc23)CC2(O)CCC3c4ccc(cc4C(=O)c4ccc(OC)cc4)CC(O)CCC(C)=CCCC32C)cc1. The maximum Gasteiger partial charge on any atom is 0.322 e. The monoisotopic (exact) mass is 766 g/mol. The average molecular weight is 767 g/mol. The third-order valence-electron chi connectivity index (χ3n) is 12.6. The molecule has 3 aliphatic rings. The van der Waals surface area contributed by atoms with Crippen LogP contribution in [0.3, 0.4) is 0 Å². The topological polar surface area (TPSA) is 108 Å². The van der Waals surface area contributed by atoms with Gasteiger partial charge in [-0.25, -0.2) is 4.79 Å². The second-order valence-corrected chi connectivity index (χ2v) is 16.2. The summed E-state index contributed by atoms with van der Waals surface area (Å²) >= 11 is 0. The Morgan fingerprint density at radius 1 is 0.860 bits per heavy atom. The number of urea groups is 1. The lowest BCUT2D eigenvalue weighted by molar-refractivity contribution is -0.0773. The van der Waals surface area contributed by atoms with Gasteiger partial charge in [0.05, 0.1) is 32.5 Å². The van der Waals surface area contributed by atoms with Crippen molar-refractivity contribution in [3.05, 3.63) is 149 Å². The van der Waals surface area contributed by atoms with Crippen LogP contribution in [-0.2, 0) is 13.0 Å². The molecule has 0 radical (unpaired) electrons. The fourth-order valence-electron chi connectivity index (χ4n) is 9.12. The Labute approximate surface area is 336 Å². The largest absolute Gasteiger partial charge is 0.497 e. The van der Waals surface area contributed by atoms with Crippen molar-refractivity contribution in [2.45, 2.75) is 83.0 Å². The molecule has 3 aliphatic carbocycles. The maximum atomic E-state index is 14.5. The molecule has 5 aromatic carbocycles. The van der Waals surface area contributed by atoms with E-state index in [2.05, 4.69) is 43.4 Å². The number of hydrogen-bond donors (Lipinski definition) is 3. The number of fused-ring (bicyclic) bond motifs is 9. The molecule has 2 bridgehead atoms. The minimum atomic E-state index is -1.31.